The summed E-state index contributed by atoms with van der Waals surface area (Å²) in [6.07, 6.45) is -8.03. The lowest BCUT2D eigenvalue weighted by molar-refractivity contribution is -0.288. The van der Waals surface area contributed by atoms with E-state index >= 15 is 0 Å². The van der Waals surface area contributed by atoms with Crippen LogP contribution in [0.15, 0.2) is 4.99 Å². The second-order valence-electron chi connectivity index (χ2n) is 8.55. The van der Waals surface area contributed by atoms with E-state index in [2.05, 4.69) is 10.3 Å². The summed E-state index contributed by atoms with van der Waals surface area (Å²) < 4.78 is 11.4. The summed E-state index contributed by atoms with van der Waals surface area (Å²) in [4.78, 5) is 16.1. The number of nitrogens with two attached hydrogens (primary N) is 6. The lowest BCUT2D eigenvalue weighted by atomic mass is 9.84. The summed E-state index contributed by atoms with van der Waals surface area (Å²) in [5.74, 6) is -0.553. The van der Waals surface area contributed by atoms with Gasteiger partial charge in [-0.3, -0.25) is 9.79 Å². The Labute approximate surface area is 191 Å². The van der Waals surface area contributed by atoms with Crippen molar-refractivity contribution in [1.82, 2.24) is 5.32 Å². The number of hydrogen-bond acceptors (Lipinski definition) is 12. The molecule has 33 heavy (non-hydrogen) atoms. The Morgan fingerprint density at radius 1 is 1.06 bits per heavy atom. The zero-order valence-electron chi connectivity index (χ0n) is 18.3. The fraction of sp³-hybridized carbons (Fsp3) is 0.889. The van der Waals surface area contributed by atoms with Gasteiger partial charge in [0, 0.05) is 25.2 Å². The van der Waals surface area contributed by atoms with Crippen molar-refractivity contribution < 1.29 is 34.7 Å². The number of aliphatic hydroxyl groups is 4. The topological polar surface area (TPSA) is 297 Å². The van der Waals surface area contributed by atoms with E-state index < -0.39 is 73.0 Å². The molecule has 192 valence electrons. The van der Waals surface area contributed by atoms with Gasteiger partial charge in [-0.2, -0.15) is 0 Å². The molecule has 1 amide bonds. The molecule has 0 spiro atoms. The Balaban J connectivity index is 1.93. The van der Waals surface area contributed by atoms with Gasteiger partial charge in [0.15, 0.2) is 12.2 Å². The Bertz CT molecular complexity index is 670. The third kappa shape index (κ3) is 7.16. The SMILES string of the molecule is NC(N)=NCCC[C@H](N)C(=O)NC[C@H]1O[C@H](O[C@H]2[C@H](O)[C@@H](O)[C@H](N)C[C@@H]2N)[C@H](N)[C@@H](O)[C@@H]1O. The van der Waals surface area contributed by atoms with E-state index in [1.54, 1.807) is 0 Å². The van der Waals surface area contributed by atoms with Gasteiger partial charge in [0.25, 0.3) is 0 Å². The van der Waals surface area contributed by atoms with E-state index in [4.69, 9.17) is 43.9 Å². The summed E-state index contributed by atoms with van der Waals surface area (Å²) in [5.41, 5.74) is 34.0. The van der Waals surface area contributed by atoms with Crippen molar-refractivity contribution in [3.8, 4) is 0 Å². The Morgan fingerprint density at radius 2 is 1.73 bits per heavy atom. The lowest BCUT2D eigenvalue weighted by Crippen LogP contribution is -2.67. The van der Waals surface area contributed by atoms with Gasteiger partial charge < -0.3 is 69.6 Å². The molecule has 2 aliphatic rings. The first-order chi connectivity index (χ1) is 15.4. The van der Waals surface area contributed by atoms with Crippen molar-refractivity contribution in [2.45, 2.75) is 86.3 Å². The number of carbonyl (C=O) groups excluding carboxylic acids is 1. The minimum atomic E-state index is -1.46. The first kappa shape index (κ1) is 27.6. The van der Waals surface area contributed by atoms with Crippen molar-refractivity contribution >= 4 is 11.9 Å². The lowest BCUT2D eigenvalue weighted by Gasteiger charge is -2.45. The summed E-state index contributed by atoms with van der Waals surface area (Å²) in [7, 11) is 0. The van der Waals surface area contributed by atoms with Crippen molar-refractivity contribution in [2.24, 2.45) is 39.4 Å². The smallest absolute Gasteiger partial charge is 0.237 e. The first-order valence-electron chi connectivity index (χ1n) is 10.8. The fourth-order valence-electron chi connectivity index (χ4n) is 3.85. The largest absolute Gasteiger partial charge is 0.389 e. The molecule has 1 saturated heterocycles. The van der Waals surface area contributed by atoms with Crippen LogP contribution in [0.3, 0.4) is 0 Å². The number of aliphatic imine (C=N–C) groups is 1. The van der Waals surface area contributed by atoms with Crippen LogP contribution >= 0.6 is 0 Å². The molecular weight excluding hydrogens is 440 g/mol. The fourth-order valence-corrected chi connectivity index (χ4v) is 3.85. The number of carbonyl (C=O) groups is 1. The molecule has 17 N–H and O–H groups in total. The van der Waals surface area contributed by atoms with Crippen LogP contribution in [0.1, 0.15) is 19.3 Å². The van der Waals surface area contributed by atoms with Crippen molar-refractivity contribution in [3.63, 3.8) is 0 Å². The molecule has 0 bridgehead atoms. The van der Waals surface area contributed by atoms with Crippen LogP contribution in [-0.2, 0) is 14.3 Å². The van der Waals surface area contributed by atoms with Crippen molar-refractivity contribution in [1.29, 1.82) is 0 Å². The molecule has 1 aliphatic heterocycles. The number of nitrogens with one attached hydrogen (secondary N) is 1. The number of nitrogens with zero attached hydrogens (tertiary/aromatic N) is 1. The van der Waals surface area contributed by atoms with Gasteiger partial charge in [0.05, 0.1) is 18.2 Å². The van der Waals surface area contributed by atoms with Crippen molar-refractivity contribution in [2.75, 3.05) is 13.1 Å². The molecular formula is C18H38N8O7. The van der Waals surface area contributed by atoms with Gasteiger partial charge in [-0.25, -0.2) is 0 Å². The van der Waals surface area contributed by atoms with E-state index in [9.17, 15) is 25.2 Å². The molecule has 0 radical (unpaired) electrons. The van der Waals surface area contributed by atoms with E-state index in [0.717, 1.165) is 0 Å². The van der Waals surface area contributed by atoms with Gasteiger partial charge in [-0.1, -0.05) is 0 Å². The Hall–Kier alpha value is -1.66. The Kier molecular flexibility index (Phi) is 10.2. The average molecular weight is 479 g/mol. The second kappa shape index (κ2) is 12.2. The molecule has 11 atom stereocenters. The predicted octanol–water partition coefficient (Wildman–Crippen LogP) is -6.58. The van der Waals surface area contributed by atoms with E-state index in [1.807, 2.05) is 0 Å². The highest BCUT2D eigenvalue weighted by Crippen LogP contribution is 2.27. The van der Waals surface area contributed by atoms with Crippen LogP contribution < -0.4 is 39.7 Å². The van der Waals surface area contributed by atoms with E-state index in [1.165, 1.54) is 0 Å². The quantitative estimate of drug-likeness (QED) is 0.0835. The van der Waals surface area contributed by atoms with Crippen LogP contribution in [0.25, 0.3) is 0 Å². The monoisotopic (exact) mass is 478 g/mol. The maximum atomic E-state index is 12.3. The minimum absolute atomic E-state index is 0.0518. The second-order valence-corrected chi connectivity index (χ2v) is 8.55. The third-order valence-corrected chi connectivity index (χ3v) is 5.91. The highest BCUT2D eigenvalue weighted by molar-refractivity contribution is 5.81. The highest BCUT2D eigenvalue weighted by Gasteiger charge is 2.48. The molecule has 0 aromatic carbocycles. The third-order valence-electron chi connectivity index (χ3n) is 5.91. The van der Waals surface area contributed by atoms with E-state index in [-0.39, 0.29) is 18.9 Å². The number of amides is 1. The molecule has 1 aliphatic carbocycles. The molecule has 15 nitrogen and oxygen atoms in total. The number of guanidine groups is 1. The first-order valence-corrected chi connectivity index (χ1v) is 10.8. The minimum Gasteiger partial charge on any atom is -0.389 e. The van der Waals surface area contributed by atoms with Crippen LogP contribution in [-0.4, -0.2) is 112 Å². The van der Waals surface area contributed by atoms with Crippen LogP contribution in [0.5, 0.6) is 0 Å². The Morgan fingerprint density at radius 3 is 2.36 bits per heavy atom. The van der Waals surface area contributed by atoms with Gasteiger partial charge in [-0.15, -0.1) is 0 Å². The van der Waals surface area contributed by atoms with Crippen LogP contribution in [0, 0.1) is 0 Å². The molecule has 15 heteroatoms. The van der Waals surface area contributed by atoms with Gasteiger partial charge in [0.2, 0.25) is 5.91 Å². The maximum absolute atomic E-state index is 12.3. The molecule has 2 fully saturated rings. The van der Waals surface area contributed by atoms with Gasteiger partial charge in [0.1, 0.15) is 30.5 Å². The van der Waals surface area contributed by atoms with E-state index in [0.29, 0.717) is 19.4 Å². The highest BCUT2D eigenvalue weighted by atomic mass is 16.7. The predicted molar refractivity (Wildman–Crippen MR) is 117 cm³/mol. The molecule has 1 saturated carbocycles. The summed E-state index contributed by atoms with van der Waals surface area (Å²) in [6, 6.07) is -3.49. The van der Waals surface area contributed by atoms with Crippen LogP contribution in [0.4, 0.5) is 0 Å². The number of aliphatic hydroxyl groups excluding tert-OH is 4. The maximum Gasteiger partial charge on any atom is 0.237 e. The average Bonchev–Trinajstić information content (AvgIpc) is 2.76. The molecule has 0 unspecified atom stereocenters. The molecule has 2 rings (SSSR count). The van der Waals surface area contributed by atoms with Gasteiger partial charge in [-0.05, 0) is 19.3 Å². The number of hydrogen-bond donors (Lipinski definition) is 11. The summed E-state index contributed by atoms with van der Waals surface area (Å²) >= 11 is 0. The molecule has 0 aromatic rings. The van der Waals surface area contributed by atoms with Gasteiger partial charge >= 0.3 is 0 Å². The zero-order valence-corrected chi connectivity index (χ0v) is 18.3. The molecule has 1 heterocycles. The number of ether oxygens (including phenoxy) is 2. The normalized spacial score (nSPS) is 40.1. The standard InChI is InChI=1S/C18H38N8O7/c19-6(2-1-3-25-18(23)24)16(31)26-5-9-12(28)13(29)10(22)17(32-9)33-15-8(21)4-7(20)11(27)14(15)30/h6-15,17,27-30H,1-5,19-22H2,(H,26,31)(H4,23,24,25)/t6-,7+,8-,9+,10+,11-,12+,13+,14+,15+,17+/m0/s1. The zero-order chi connectivity index (χ0) is 24.9. The number of rotatable bonds is 9. The molecule has 0 aromatic heterocycles. The van der Waals surface area contributed by atoms with Crippen molar-refractivity contribution in [3.05, 3.63) is 0 Å². The summed E-state index contributed by atoms with van der Waals surface area (Å²) in [5, 5.41) is 43.5. The van der Waals surface area contributed by atoms with Crippen LogP contribution in [0.2, 0.25) is 0 Å². The summed E-state index contributed by atoms with van der Waals surface area (Å²) in [6.45, 7) is 0.129.